The number of aliphatic hydroxyl groups is 1. The zero-order valence-corrected chi connectivity index (χ0v) is 25.4. The molecule has 0 spiro atoms. The van der Waals surface area contributed by atoms with Crippen LogP contribution < -0.4 is 5.32 Å². The van der Waals surface area contributed by atoms with E-state index in [1.807, 2.05) is 6.92 Å². The maximum atomic E-state index is 14.4. The van der Waals surface area contributed by atoms with Crippen LogP contribution in [0.1, 0.15) is 93.4 Å². The second-order valence-electron chi connectivity index (χ2n) is 15.6. The molecule has 0 aromatic rings. The van der Waals surface area contributed by atoms with E-state index in [1.165, 1.54) is 0 Å². The predicted octanol–water partition coefficient (Wildman–Crippen LogP) is 6.06. The van der Waals surface area contributed by atoms with E-state index >= 15 is 0 Å². The molecule has 1 amide bonds. The van der Waals surface area contributed by atoms with Gasteiger partial charge in [-0.2, -0.15) is 8.78 Å². The number of hydrogen-bond donors (Lipinski definition) is 2. The fourth-order valence-electron chi connectivity index (χ4n) is 10.2. The highest BCUT2D eigenvalue weighted by Gasteiger charge is 2.70. The van der Waals surface area contributed by atoms with E-state index in [0.29, 0.717) is 45.4 Å². The smallest absolute Gasteiger partial charge is 0.321 e. The van der Waals surface area contributed by atoms with Gasteiger partial charge in [0.2, 0.25) is 5.70 Å². The standard InChI is InChI=1S/C33H44F2N2O4/c1-27(2)11-13-33(37-26(41)32(7,34)35)14-12-31(6)24(19(33)16-27)21(39)15-23-28(3)17-20(36-8)25(40)29(4,18-38)22(28)9-10-30(23,31)5/h15,17,19,22,24,38H,9-14,16,18H2,1-7H3,(H,37,41)/t19-,22+,24-,28-,29-,30+,31+,33-/m0/s1. The second-order valence-corrected chi connectivity index (χ2v) is 15.6. The fraction of sp³-hybridized carbons (Fsp3) is 0.758. The summed E-state index contributed by atoms with van der Waals surface area (Å²) in [7, 11) is 0. The average molecular weight is 571 g/mol. The molecule has 5 aliphatic carbocycles. The Morgan fingerprint density at radius 2 is 1.73 bits per heavy atom. The fourth-order valence-corrected chi connectivity index (χ4v) is 10.2. The molecule has 0 radical (unpaired) electrons. The van der Waals surface area contributed by atoms with Crippen molar-refractivity contribution in [1.29, 1.82) is 0 Å². The number of hydrogen-bond acceptors (Lipinski definition) is 4. The Bertz CT molecular complexity index is 1320. The van der Waals surface area contributed by atoms with Crippen molar-refractivity contribution in [2.45, 2.75) is 105 Å². The van der Waals surface area contributed by atoms with Crippen molar-refractivity contribution in [1.82, 2.24) is 5.32 Å². The SMILES string of the molecule is [C-]#[N+]C1=C[C@]2(C)C3=CC(=O)[C@@H]4[C@@H]5CC(C)(C)CC[C@]5(NC(=O)C(C)(F)F)CC[C@@]4(C)[C@]3(C)CC[C@H]2[C@](C)(CO)C1=O. The molecule has 5 rings (SSSR count). The second kappa shape index (κ2) is 8.81. The summed E-state index contributed by atoms with van der Waals surface area (Å²) < 4.78 is 28.3. The summed E-state index contributed by atoms with van der Waals surface area (Å²) >= 11 is 0. The van der Waals surface area contributed by atoms with Crippen LogP contribution in [0.5, 0.6) is 0 Å². The summed E-state index contributed by atoms with van der Waals surface area (Å²) in [5.74, 6) is -6.23. The average Bonchev–Trinajstić information content (AvgIpc) is 2.87. The molecule has 0 heterocycles. The number of nitrogens with one attached hydrogen (secondary N) is 1. The van der Waals surface area contributed by atoms with E-state index < -0.39 is 44.9 Å². The van der Waals surface area contributed by atoms with Crippen LogP contribution in [0, 0.1) is 51.4 Å². The molecule has 8 atom stereocenters. The van der Waals surface area contributed by atoms with Crippen molar-refractivity contribution in [3.63, 3.8) is 0 Å². The van der Waals surface area contributed by atoms with Crippen LogP contribution >= 0.6 is 0 Å². The number of halogens is 2. The molecule has 0 aromatic carbocycles. The van der Waals surface area contributed by atoms with Gasteiger partial charge in [-0.3, -0.25) is 9.59 Å². The van der Waals surface area contributed by atoms with Crippen molar-refractivity contribution in [2.24, 2.45) is 44.8 Å². The molecule has 0 aromatic heterocycles. The molecule has 41 heavy (non-hydrogen) atoms. The Morgan fingerprint density at radius 1 is 1.10 bits per heavy atom. The van der Waals surface area contributed by atoms with Gasteiger partial charge < -0.3 is 15.2 Å². The van der Waals surface area contributed by atoms with Crippen molar-refractivity contribution in [2.75, 3.05) is 6.61 Å². The molecule has 6 nitrogen and oxygen atoms in total. The minimum atomic E-state index is -3.51. The zero-order chi connectivity index (χ0) is 30.6. The highest BCUT2D eigenvalue weighted by atomic mass is 19.3. The topological polar surface area (TPSA) is 87.8 Å². The van der Waals surface area contributed by atoms with Gasteiger partial charge in [-0.1, -0.05) is 53.2 Å². The number of alkyl halides is 2. The Balaban J connectivity index is 1.67. The molecule has 3 fully saturated rings. The molecule has 5 aliphatic rings. The van der Waals surface area contributed by atoms with Crippen LogP contribution in [0.15, 0.2) is 23.4 Å². The maximum absolute atomic E-state index is 14.4. The molecule has 8 heteroatoms. The summed E-state index contributed by atoms with van der Waals surface area (Å²) in [6, 6.07) is 0. The first-order valence-corrected chi connectivity index (χ1v) is 15.0. The third kappa shape index (κ3) is 3.90. The molecular weight excluding hydrogens is 526 g/mol. The lowest BCUT2D eigenvalue weighted by Gasteiger charge is -2.69. The molecule has 0 aliphatic heterocycles. The van der Waals surface area contributed by atoms with Gasteiger partial charge in [0.25, 0.3) is 5.91 Å². The first-order chi connectivity index (χ1) is 18.7. The van der Waals surface area contributed by atoms with Crippen LogP contribution in [-0.2, 0) is 14.4 Å². The van der Waals surface area contributed by atoms with Gasteiger partial charge in [0.15, 0.2) is 11.6 Å². The van der Waals surface area contributed by atoms with Gasteiger partial charge in [0.1, 0.15) is 0 Å². The molecule has 2 N–H and O–H groups in total. The number of fused-ring (bicyclic) bond motifs is 7. The van der Waals surface area contributed by atoms with E-state index in [0.717, 1.165) is 12.0 Å². The first-order valence-electron chi connectivity index (χ1n) is 15.0. The van der Waals surface area contributed by atoms with Crippen LogP contribution in [-0.4, -0.2) is 40.6 Å². The van der Waals surface area contributed by atoms with Gasteiger partial charge in [-0.15, -0.1) is 0 Å². The van der Waals surface area contributed by atoms with Gasteiger partial charge in [0, 0.05) is 29.2 Å². The van der Waals surface area contributed by atoms with Gasteiger partial charge in [0.05, 0.1) is 13.2 Å². The number of ketones is 2. The highest BCUT2D eigenvalue weighted by Crippen LogP contribution is 2.73. The Labute approximate surface area is 242 Å². The summed E-state index contributed by atoms with van der Waals surface area (Å²) in [6.07, 6.45) is 7.88. The molecule has 0 bridgehead atoms. The number of Topliss-reactive ketones (excluding diaryl/α,β-unsaturated/α-hetero) is 1. The van der Waals surface area contributed by atoms with E-state index in [4.69, 9.17) is 6.57 Å². The van der Waals surface area contributed by atoms with Crippen molar-refractivity contribution < 1.29 is 28.3 Å². The number of amides is 1. The minimum Gasteiger partial charge on any atom is -0.395 e. The number of allylic oxidation sites excluding steroid dienone is 4. The van der Waals surface area contributed by atoms with Crippen LogP contribution in [0.25, 0.3) is 4.85 Å². The number of carbonyl (C=O) groups is 3. The number of carbonyl (C=O) groups excluding carboxylic acids is 3. The highest BCUT2D eigenvalue weighted by molar-refractivity contribution is 6.03. The lowest BCUT2D eigenvalue weighted by Crippen LogP contribution is -2.70. The van der Waals surface area contributed by atoms with E-state index in [-0.39, 0.29) is 41.1 Å². The number of rotatable bonds is 3. The Kier molecular flexibility index (Phi) is 6.46. The van der Waals surface area contributed by atoms with Crippen LogP contribution in [0.2, 0.25) is 0 Å². The quantitative estimate of drug-likeness (QED) is 0.404. The van der Waals surface area contributed by atoms with E-state index in [1.54, 1.807) is 19.1 Å². The largest absolute Gasteiger partial charge is 0.395 e. The monoisotopic (exact) mass is 570 g/mol. The normalized spacial score (nSPS) is 45.1. The molecular formula is C33H44F2N2O4. The first kappa shape index (κ1) is 30.1. The molecule has 0 saturated heterocycles. The number of nitrogens with zero attached hydrogens (tertiary/aromatic N) is 1. The summed E-state index contributed by atoms with van der Waals surface area (Å²) in [5.41, 5.74) is -2.97. The lowest BCUT2D eigenvalue weighted by molar-refractivity contribution is -0.169. The minimum absolute atomic E-state index is 0.00470. The third-order valence-corrected chi connectivity index (χ3v) is 12.8. The molecule has 3 saturated carbocycles. The van der Waals surface area contributed by atoms with Crippen molar-refractivity contribution in [3.8, 4) is 0 Å². The van der Waals surface area contributed by atoms with Crippen LogP contribution in [0.3, 0.4) is 0 Å². The van der Waals surface area contributed by atoms with E-state index in [2.05, 4.69) is 37.9 Å². The van der Waals surface area contributed by atoms with Crippen LogP contribution in [0.4, 0.5) is 8.78 Å². The third-order valence-electron chi connectivity index (χ3n) is 12.8. The van der Waals surface area contributed by atoms with Crippen molar-refractivity contribution >= 4 is 17.5 Å². The maximum Gasteiger partial charge on any atom is 0.321 e. The van der Waals surface area contributed by atoms with Crippen molar-refractivity contribution in [3.05, 3.63) is 34.8 Å². The van der Waals surface area contributed by atoms with E-state index in [9.17, 15) is 28.3 Å². The van der Waals surface area contributed by atoms with Gasteiger partial charge in [-0.05, 0) is 79.1 Å². The summed E-state index contributed by atoms with van der Waals surface area (Å²) in [5, 5.41) is 13.2. The lowest BCUT2D eigenvalue weighted by atomic mass is 9.35. The van der Waals surface area contributed by atoms with Gasteiger partial charge >= 0.3 is 5.92 Å². The summed E-state index contributed by atoms with van der Waals surface area (Å²) in [6.45, 7) is 20.3. The Morgan fingerprint density at radius 3 is 2.32 bits per heavy atom. The number of aliphatic hydroxyl groups excluding tert-OH is 1. The summed E-state index contributed by atoms with van der Waals surface area (Å²) in [4.78, 5) is 44.0. The predicted molar refractivity (Wildman–Crippen MR) is 150 cm³/mol. The Hall–Kier alpha value is -2.40. The molecule has 224 valence electrons. The zero-order valence-electron chi connectivity index (χ0n) is 25.4. The van der Waals surface area contributed by atoms with Gasteiger partial charge in [-0.25, -0.2) is 4.85 Å². The molecule has 0 unspecified atom stereocenters.